The molecule has 76 valence electrons. The molecule has 0 aliphatic heterocycles. The zero-order valence-corrected chi connectivity index (χ0v) is 13.9. The van der Waals surface area contributed by atoms with E-state index in [0.717, 1.165) is 0 Å². The summed E-state index contributed by atoms with van der Waals surface area (Å²) < 4.78 is 11.6. The van der Waals surface area contributed by atoms with Gasteiger partial charge in [-0.25, -0.2) is 0 Å². The first-order valence-electron chi connectivity index (χ1n) is 4.53. The quantitative estimate of drug-likeness (QED) is 0.470. The van der Waals surface area contributed by atoms with Gasteiger partial charge in [-0.05, 0) is 19.6 Å². The van der Waals surface area contributed by atoms with Gasteiger partial charge in [-0.1, -0.05) is 11.4 Å². The first kappa shape index (κ1) is 13.3. The maximum Gasteiger partial charge on any atom is 0.197 e. The molecule has 0 radical (unpaired) electrons. The summed E-state index contributed by atoms with van der Waals surface area (Å²) in [6, 6.07) is 0. The first-order chi connectivity index (χ1) is 6.02. The van der Waals surface area contributed by atoms with E-state index in [0.29, 0.717) is 0 Å². The van der Waals surface area contributed by atoms with E-state index in [1.165, 1.54) is 0 Å². The molecule has 0 fully saturated rings. The highest BCUT2D eigenvalue weighted by Crippen LogP contribution is 2.02. The fraction of sp³-hybridized carbons (Fsp3) is 0.429. The predicted molar refractivity (Wildman–Crippen MR) is 70.1 cm³/mol. The summed E-state index contributed by atoms with van der Waals surface area (Å²) in [4.78, 5) is 0. The van der Waals surface area contributed by atoms with Crippen molar-refractivity contribution in [2.24, 2.45) is 0 Å². The van der Waals surface area contributed by atoms with Crippen molar-refractivity contribution in [2.45, 2.75) is 19.6 Å². The summed E-state index contributed by atoms with van der Waals surface area (Å²) >= 11 is 0. The molecule has 0 spiro atoms. The first-order valence-corrected chi connectivity index (χ1v) is 15.0. The monoisotopic (exact) mass is 248 g/mol. The van der Waals surface area contributed by atoms with Crippen LogP contribution in [0, 0.1) is 0 Å². The van der Waals surface area contributed by atoms with Gasteiger partial charge in [0.25, 0.3) is 0 Å². The predicted octanol–water partition coefficient (Wildman–Crippen LogP) is 0.111. The smallest absolute Gasteiger partial charge is 0.197 e. The van der Waals surface area contributed by atoms with Crippen LogP contribution in [0.4, 0.5) is 0 Å². The van der Waals surface area contributed by atoms with Crippen molar-refractivity contribution in [3.63, 3.8) is 0 Å². The van der Waals surface area contributed by atoms with E-state index in [1.807, 2.05) is 11.4 Å². The van der Waals surface area contributed by atoms with Gasteiger partial charge in [-0.15, -0.1) is 13.2 Å². The highest BCUT2D eigenvalue weighted by atomic mass is 29.2. The van der Waals surface area contributed by atoms with E-state index >= 15 is 0 Å². The summed E-state index contributed by atoms with van der Waals surface area (Å²) in [7, 11) is -3.20. The number of hydrogen-bond acceptors (Lipinski definition) is 2. The molecule has 0 aromatic rings. The van der Waals surface area contributed by atoms with Crippen molar-refractivity contribution in [1.82, 2.24) is 0 Å². The Balaban J connectivity index is 3.45. The maximum atomic E-state index is 5.86. The highest BCUT2D eigenvalue weighted by molar-refractivity contribution is 7.00. The van der Waals surface area contributed by atoms with Gasteiger partial charge < -0.3 is 8.23 Å². The minimum Gasteiger partial charge on any atom is -0.460 e. The fourth-order valence-electron chi connectivity index (χ4n) is 0.666. The van der Waals surface area contributed by atoms with Gasteiger partial charge in [0.2, 0.25) is 0 Å². The summed E-state index contributed by atoms with van der Waals surface area (Å²) in [6.45, 7) is 14.0. The summed E-state index contributed by atoms with van der Waals surface area (Å²) in [6.07, 6.45) is 0. The van der Waals surface area contributed by atoms with Crippen LogP contribution in [0.1, 0.15) is 0 Å². The number of hydrogen-bond donors (Lipinski definition) is 0. The van der Waals surface area contributed by atoms with Gasteiger partial charge in [0.05, 0.1) is 0 Å². The average molecular weight is 249 g/mol. The second kappa shape index (κ2) is 6.68. The molecule has 2 nitrogen and oxygen atoms in total. The van der Waals surface area contributed by atoms with E-state index < -0.39 is 17.4 Å². The van der Waals surface area contributed by atoms with E-state index in [2.05, 4.69) is 32.8 Å². The lowest BCUT2D eigenvalue weighted by atomic mass is 11.3. The van der Waals surface area contributed by atoms with E-state index in [4.69, 9.17) is 8.23 Å². The van der Waals surface area contributed by atoms with Crippen LogP contribution in [-0.2, 0) is 8.23 Å². The molecule has 6 heteroatoms. The topological polar surface area (TPSA) is 18.5 Å². The largest absolute Gasteiger partial charge is 0.460 e. The molecule has 0 aromatic heterocycles. The molecule has 0 amide bonds. The Morgan fingerprint density at radius 3 is 2.38 bits per heavy atom. The van der Waals surface area contributed by atoms with Crippen molar-refractivity contribution >= 4 is 35.9 Å². The molecule has 0 N–H and O–H groups in total. The Kier molecular flexibility index (Phi) is 6.82. The minimum atomic E-state index is -1.49. The summed E-state index contributed by atoms with van der Waals surface area (Å²) in [5.74, 6) is 0. The third kappa shape index (κ3) is 7.35. The van der Waals surface area contributed by atoms with Crippen LogP contribution in [0.25, 0.3) is 0 Å². The lowest BCUT2D eigenvalue weighted by Gasteiger charge is -2.18. The van der Waals surface area contributed by atoms with Crippen molar-refractivity contribution < 1.29 is 8.23 Å². The molecule has 0 saturated heterocycles. The molecule has 13 heavy (non-hydrogen) atoms. The van der Waals surface area contributed by atoms with Gasteiger partial charge in [0.15, 0.2) is 35.9 Å². The van der Waals surface area contributed by atoms with Crippen molar-refractivity contribution in [2.75, 3.05) is 0 Å². The van der Waals surface area contributed by atoms with Gasteiger partial charge >= 0.3 is 0 Å². The second-order valence-electron chi connectivity index (χ2n) is 3.47. The molecule has 1 unspecified atom stereocenters. The SMILES string of the molecule is C=C[SiH](C)O[SiH2][SiH2]O[Si](C)(C)C=C. The van der Waals surface area contributed by atoms with Crippen LogP contribution in [0.15, 0.2) is 24.6 Å². The summed E-state index contributed by atoms with van der Waals surface area (Å²) in [5, 5.41) is 0. The van der Waals surface area contributed by atoms with Crippen LogP contribution >= 0.6 is 0 Å². The maximum absolute atomic E-state index is 5.86. The van der Waals surface area contributed by atoms with Crippen LogP contribution in [0.5, 0.6) is 0 Å². The Bertz CT molecular complexity index is 172. The van der Waals surface area contributed by atoms with Gasteiger partial charge in [-0.2, -0.15) is 0 Å². The van der Waals surface area contributed by atoms with Gasteiger partial charge in [0.1, 0.15) is 0 Å². The van der Waals surface area contributed by atoms with Crippen LogP contribution in [0.3, 0.4) is 0 Å². The second-order valence-corrected chi connectivity index (χ2v) is 14.7. The molecule has 0 aliphatic rings. The molecule has 1 atom stereocenters. The molecule has 0 aliphatic carbocycles. The highest BCUT2D eigenvalue weighted by Gasteiger charge is 2.16. The van der Waals surface area contributed by atoms with Crippen LogP contribution in [0.2, 0.25) is 19.6 Å². The van der Waals surface area contributed by atoms with Crippen molar-refractivity contribution in [3.8, 4) is 0 Å². The Morgan fingerprint density at radius 2 is 1.92 bits per heavy atom. The van der Waals surface area contributed by atoms with E-state index in [-0.39, 0.29) is 18.6 Å². The molecular formula is C7H20O2Si4. The van der Waals surface area contributed by atoms with Crippen molar-refractivity contribution in [3.05, 3.63) is 24.6 Å². The minimum absolute atomic E-state index is 0.342. The van der Waals surface area contributed by atoms with Crippen molar-refractivity contribution in [1.29, 1.82) is 0 Å². The Labute approximate surface area is 88.6 Å². The van der Waals surface area contributed by atoms with E-state index in [9.17, 15) is 0 Å². The lowest BCUT2D eigenvalue weighted by Crippen LogP contribution is -2.33. The van der Waals surface area contributed by atoms with Crippen LogP contribution in [-0.4, -0.2) is 35.9 Å². The molecule has 0 saturated carbocycles. The molecule has 0 rings (SSSR count). The summed E-state index contributed by atoms with van der Waals surface area (Å²) in [5.41, 5.74) is 3.96. The lowest BCUT2D eigenvalue weighted by molar-refractivity contribution is 0.596. The zero-order valence-electron chi connectivity index (χ0n) is 8.88. The normalized spacial score (nSPS) is 15.6. The fourth-order valence-corrected chi connectivity index (χ4v) is 15.7. The van der Waals surface area contributed by atoms with Gasteiger partial charge in [-0.3, -0.25) is 0 Å². The van der Waals surface area contributed by atoms with Crippen LogP contribution < -0.4 is 0 Å². The zero-order chi connectivity index (χ0) is 10.3. The Morgan fingerprint density at radius 1 is 1.31 bits per heavy atom. The average Bonchev–Trinajstić information content (AvgIpc) is 2.12. The number of rotatable bonds is 7. The third-order valence-corrected chi connectivity index (χ3v) is 14.9. The molecule has 0 bridgehead atoms. The molecular weight excluding hydrogens is 228 g/mol. The van der Waals surface area contributed by atoms with Gasteiger partial charge in [0, 0.05) is 0 Å². The third-order valence-electron chi connectivity index (χ3n) is 1.76. The Hall–Kier alpha value is 0.268. The standard InChI is InChI=1S/C7H20O2Si4/c1-6-12(3)8-10-11-9-13(4,5)7-2/h6-7,12H,1-2,10-11H2,3-5H3. The van der Waals surface area contributed by atoms with E-state index in [1.54, 1.807) is 0 Å². The molecule has 0 aromatic carbocycles. The molecule has 0 heterocycles.